The Morgan fingerprint density at radius 2 is 2.40 bits per heavy atom. The first-order chi connectivity index (χ1) is 7.10. The number of hydrogen-bond acceptors (Lipinski definition) is 3. The molecule has 2 unspecified atom stereocenters. The van der Waals surface area contributed by atoms with Crippen molar-refractivity contribution in [1.82, 2.24) is 10.0 Å². The molecule has 0 spiro atoms. The monoisotopic (exact) mass is 230 g/mol. The highest BCUT2D eigenvalue weighted by Crippen LogP contribution is 2.11. The van der Waals surface area contributed by atoms with E-state index >= 15 is 0 Å². The smallest absolute Gasteiger partial charge is 0.216 e. The van der Waals surface area contributed by atoms with E-state index in [2.05, 4.69) is 16.0 Å². The zero-order valence-electron chi connectivity index (χ0n) is 8.99. The lowest BCUT2D eigenvalue weighted by molar-refractivity contribution is 0.486. The largest absolute Gasteiger partial charge is 0.315 e. The van der Waals surface area contributed by atoms with Gasteiger partial charge in [0, 0.05) is 6.54 Å². The molecule has 0 aliphatic carbocycles. The fourth-order valence-electron chi connectivity index (χ4n) is 1.61. The summed E-state index contributed by atoms with van der Waals surface area (Å²) in [4.78, 5) is 0. The molecule has 1 heterocycles. The summed E-state index contributed by atoms with van der Waals surface area (Å²) in [6.07, 6.45) is 7.46. The highest BCUT2D eigenvalue weighted by Gasteiger charge is 2.28. The number of hydrogen-bond donors (Lipinski definition) is 2. The van der Waals surface area contributed by atoms with Crippen molar-refractivity contribution in [2.75, 3.05) is 13.1 Å². The SMILES string of the molecule is C#CC(CC)NS(=O)(=O)C1CCCNC1. The number of rotatable bonds is 4. The molecule has 1 saturated heterocycles. The van der Waals surface area contributed by atoms with Crippen molar-refractivity contribution in [3.8, 4) is 12.3 Å². The van der Waals surface area contributed by atoms with Crippen LogP contribution in [0, 0.1) is 12.3 Å². The quantitative estimate of drug-likeness (QED) is 0.672. The number of terminal acetylenes is 1. The lowest BCUT2D eigenvalue weighted by Gasteiger charge is -2.24. The Labute approximate surface area is 91.9 Å². The van der Waals surface area contributed by atoms with Crippen molar-refractivity contribution >= 4 is 10.0 Å². The van der Waals surface area contributed by atoms with Crippen LogP contribution in [0.4, 0.5) is 0 Å². The number of sulfonamides is 1. The van der Waals surface area contributed by atoms with Crippen LogP contribution in [0.5, 0.6) is 0 Å². The van der Waals surface area contributed by atoms with Gasteiger partial charge in [-0.15, -0.1) is 6.42 Å². The normalized spacial score (nSPS) is 24.4. The van der Waals surface area contributed by atoms with Gasteiger partial charge >= 0.3 is 0 Å². The van der Waals surface area contributed by atoms with Gasteiger partial charge in [-0.3, -0.25) is 0 Å². The van der Waals surface area contributed by atoms with Crippen molar-refractivity contribution in [2.45, 2.75) is 37.5 Å². The minimum absolute atomic E-state index is 0.339. The Kier molecular flexibility index (Phi) is 4.58. The second-order valence-corrected chi connectivity index (χ2v) is 5.75. The van der Waals surface area contributed by atoms with Gasteiger partial charge in [0.2, 0.25) is 10.0 Å². The van der Waals surface area contributed by atoms with Crippen LogP contribution in [0.1, 0.15) is 26.2 Å². The maximum atomic E-state index is 11.9. The van der Waals surface area contributed by atoms with E-state index in [9.17, 15) is 8.42 Å². The third-order valence-corrected chi connectivity index (χ3v) is 4.50. The molecule has 1 aliphatic heterocycles. The van der Waals surface area contributed by atoms with Gasteiger partial charge in [0.05, 0.1) is 11.3 Å². The summed E-state index contributed by atoms with van der Waals surface area (Å²) in [5.74, 6) is 2.44. The van der Waals surface area contributed by atoms with Gasteiger partial charge in [-0.05, 0) is 25.8 Å². The highest BCUT2D eigenvalue weighted by molar-refractivity contribution is 7.90. The Bertz CT molecular complexity index is 326. The molecule has 5 heteroatoms. The Morgan fingerprint density at radius 1 is 1.67 bits per heavy atom. The summed E-state index contributed by atoms with van der Waals surface area (Å²) in [5, 5.41) is 2.74. The van der Waals surface area contributed by atoms with Crippen LogP contribution >= 0.6 is 0 Å². The summed E-state index contributed by atoms with van der Waals surface area (Å²) in [6, 6.07) is -0.378. The molecule has 4 nitrogen and oxygen atoms in total. The standard InChI is InChI=1S/C10H18N2O2S/c1-3-9(4-2)12-15(13,14)10-6-5-7-11-8-10/h1,9-12H,4-8H2,2H3. The molecule has 0 saturated carbocycles. The maximum absolute atomic E-state index is 11.9. The van der Waals surface area contributed by atoms with Gasteiger partial charge < -0.3 is 5.32 Å². The summed E-state index contributed by atoms with van der Waals surface area (Å²) < 4.78 is 26.3. The molecule has 0 aromatic heterocycles. The maximum Gasteiger partial charge on any atom is 0.216 e. The predicted octanol–water partition coefficient (Wildman–Crippen LogP) is 0.0696. The fraction of sp³-hybridized carbons (Fsp3) is 0.800. The zero-order chi connectivity index (χ0) is 11.3. The summed E-state index contributed by atoms with van der Waals surface area (Å²) in [6.45, 7) is 3.29. The van der Waals surface area contributed by atoms with Crippen molar-refractivity contribution < 1.29 is 8.42 Å². The molecule has 86 valence electrons. The van der Waals surface area contributed by atoms with E-state index in [-0.39, 0.29) is 11.3 Å². The fourth-order valence-corrected chi connectivity index (χ4v) is 3.25. The second kappa shape index (κ2) is 5.50. The first-order valence-electron chi connectivity index (χ1n) is 5.28. The topological polar surface area (TPSA) is 58.2 Å². The predicted molar refractivity (Wildman–Crippen MR) is 60.9 cm³/mol. The minimum atomic E-state index is -3.26. The van der Waals surface area contributed by atoms with Crippen LogP contribution in [0.2, 0.25) is 0 Å². The third-order valence-electron chi connectivity index (χ3n) is 2.61. The van der Waals surface area contributed by atoms with Crippen molar-refractivity contribution in [2.24, 2.45) is 0 Å². The summed E-state index contributed by atoms with van der Waals surface area (Å²) in [5.41, 5.74) is 0. The van der Waals surface area contributed by atoms with Gasteiger partial charge in [-0.25, -0.2) is 13.1 Å². The molecule has 2 N–H and O–H groups in total. The molecule has 0 bridgehead atoms. The van der Waals surface area contributed by atoms with E-state index in [1.165, 1.54) is 0 Å². The van der Waals surface area contributed by atoms with Gasteiger partial charge in [-0.2, -0.15) is 0 Å². The zero-order valence-corrected chi connectivity index (χ0v) is 9.81. The molecule has 1 fully saturated rings. The van der Waals surface area contributed by atoms with Crippen molar-refractivity contribution in [3.63, 3.8) is 0 Å². The van der Waals surface area contributed by atoms with Gasteiger partial charge in [-0.1, -0.05) is 12.8 Å². The molecule has 0 amide bonds. The third kappa shape index (κ3) is 3.49. The Morgan fingerprint density at radius 3 is 2.87 bits per heavy atom. The number of nitrogens with one attached hydrogen (secondary N) is 2. The summed E-state index contributed by atoms with van der Waals surface area (Å²) in [7, 11) is -3.26. The van der Waals surface area contributed by atoms with Crippen LogP contribution in [0.25, 0.3) is 0 Å². The molecule has 0 radical (unpaired) electrons. The lowest BCUT2D eigenvalue weighted by atomic mass is 10.2. The summed E-state index contributed by atoms with van der Waals surface area (Å²) >= 11 is 0. The van der Waals surface area contributed by atoms with Crippen LogP contribution in [0.3, 0.4) is 0 Å². The molecule has 1 aliphatic rings. The molecular weight excluding hydrogens is 212 g/mol. The highest BCUT2D eigenvalue weighted by atomic mass is 32.2. The van der Waals surface area contributed by atoms with E-state index in [4.69, 9.17) is 6.42 Å². The van der Waals surface area contributed by atoms with Gasteiger partial charge in [0.1, 0.15) is 0 Å². The average Bonchev–Trinajstić information content (AvgIpc) is 2.27. The van der Waals surface area contributed by atoms with E-state index < -0.39 is 10.0 Å². The lowest BCUT2D eigenvalue weighted by Crippen LogP contribution is -2.46. The molecule has 0 aromatic rings. The number of piperidine rings is 1. The first kappa shape index (κ1) is 12.5. The Balaban J connectivity index is 2.61. The van der Waals surface area contributed by atoms with E-state index in [0.29, 0.717) is 19.4 Å². The van der Waals surface area contributed by atoms with Crippen LogP contribution in [-0.4, -0.2) is 32.8 Å². The second-order valence-electron chi connectivity index (χ2n) is 3.76. The average molecular weight is 230 g/mol. The van der Waals surface area contributed by atoms with Gasteiger partial charge in [0.25, 0.3) is 0 Å². The van der Waals surface area contributed by atoms with Crippen LogP contribution < -0.4 is 10.0 Å². The minimum Gasteiger partial charge on any atom is -0.315 e. The van der Waals surface area contributed by atoms with Crippen LogP contribution in [0.15, 0.2) is 0 Å². The molecule has 2 atom stereocenters. The van der Waals surface area contributed by atoms with Crippen molar-refractivity contribution in [3.05, 3.63) is 0 Å². The Hall–Kier alpha value is -0.570. The van der Waals surface area contributed by atoms with E-state index in [0.717, 1.165) is 13.0 Å². The molecule has 1 rings (SSSR count). The van der Waals surface area contributed by atoms with Crippen LogP contribution in [-0.2, 0) is 10.0 Å². The first-order valence-corrected chi connectivity index (χ1v) is 6.82. The van der Waals surface area contributed by atoms with Crippen molar-refractivity contribution in [1.29, 1.82) is 0 Å². The van der Waals surface area contributed by atoms with E-state index in [1.807, 2.05) is 6.92 Å². The van der Waals surface area contributed by atoms with E-state index in [1.54, 1.807) is 0 Å². The van der Waals surface area contributed by atoms with Gasteiger partial charge in [0.15, 0.2) is 0 Å². The molecular formula is C10H18N2O2S. The molecule has 15 heavy (non-hydrogen) atoms. The molecule has 0 aromatic carbocycles.